The van der Waals surface area contributed by atoms with Crippen LogP contribution in [0.5, 0.6) is 0 Å². The molecule has 0 aliphatic rings. The standard InChI is InChI=1S/C20H18N4OS3/c1-14(26-12-16-5-3-2-4-6-16)18(25)22-19-23-24-20(28-19)27-13-17-9-7-15(11-21)8-10-17/h2-10,14H,12-13H2,1H3,(H,22,23,25)/t14-/m1/s1. The van der Waals surface area contributed by atoms with Crippen LogP contribution in [0.4, 0.5) is 5.13 Å². The van der Waals surface area contributed by atoms with Gasteiger partial charge in [0.25, 0.3) is 0 Å². The summed E-state index contributed by atoms with van der Waals surface area (Å²) in [6.45, 7) is 1.89. The summed E-state index contributed by atoms with van der Waals surface area (Å²) >= 11 is 4.51. The maximum absolute atomic E-state index is 12.4. The van der Waals surface area contributed by atoms with Crippen LogP contribution in [0.2, 0.25) is 0 Å². The van der Waals surface area contributed by atoms with E-state index in [1.54, 1.807) is 35.7 Å². The van der Waals surface area contributed by atoms with Gasteiger partial charge in [-0.1, -0.05) is 65.6 Å². The lowest BCUT2D eigenvalue weighted by Gasteiger charge is -2.10. The van der Waals surface area contributed by atoms with Crippen LogP contribution in [-0.2, 0) is 16.3 Å². The number of carbonyl (C=O) groups excluding carboxylic acids is 1. The second kappa shape index (κ2) is 10.3. The summed E-state index contributed by atoms with van der Waals surface area (Å²) in [5.41, 5.74) is 2.95. The summed E-state index contributed by atoms with van der Waals surface area (Å²) in [5.74, 6) is 1.45. The Labute approximate surface area is 176 Å². The highest BCUT2D eigenvalue weighted by molar-refractivity contribution is 8.00. The number of rotatable bonds is 8. The number of nitrogens with one attached hydrogen (secondary N) is 1. The zero-order valence-electron chi connectivity index (χ0n) is 15.2. The van der Waals surface area contributed by atoms with Crippen molar-refractivity contribution in [2.45, 2.75) is 28.0 Å². The number of aromatic nitrogens is 2. The first-order valence-corrected chi connectivity index (χ1v) is 11.4. The Bertz CT molecular complexity index is 952. The molecule has 3 rings (SSSR count). The lowest BCUT2D eigenvalue weighted by molar-refractivity contribution is -0.115. The summed E-state index contributed by atoms with van der Waals surface area (Å²) in [6, 6.07) is 19.7. The SMILES string of the molecule is C[C@@H](SCc1ccccc1)C(=O)Nc1nnc(SCc2ccc(C#N)cc2)s1. The number of nitrogens with zero attached hydrogens (tertiary/aromatic N) is 3. The fourth-order valence-electron chi connectivity index (χ4n) is 2.22. The van der Waals surface area contributed by atoms with E-state index in [1.807, 2.05) is 37.3 Å². The molecule has 1 N–H and O–H groups in total. The molecule has 1 aromatic heterocycles. The minimum atomic E-state index is -0.182. The first-order valence-electron chi connectivity index (χ1n) is 8.56. The van der Waals surface area contributed by atoms with E-state index in [1.165, 1.54) is 16.9 Å². The van der Waals surface area contributed by atoms with E-state index in [4.69, 9.17) is 5.26 Å². The molecule has 5 nitrogen and oxygen atoms in total. The van der Waals surface area contributed by atoms with Gasteiger partial charge < -0.3 is 0 Å². The Morgan fingerprint density at radius 1 is 1.11 bits per heavy atom. The lowest BCUT2D eigenvalue weighted by atomic mass is 10.2. The van der Waals surface area contributed by atoms with Crippen LogP contribution in [0.3, 0.4) is 0 Å². The van der Waals surface area contributed by atoms with E-state index in [2.05, 4.69) is 33.7 Å². The van der Waals surface area contributed by atoms with Crippen molar-refractivity contribution in [3.05, 3.63) is 71.3 Å². The summed E-state index contributed by atoms with van der Waals surface area (Å²) in [5, 5.41) is 20.2. The molecule has 0 spiro atoms. The second-order valence-electron chi connectivity index (χ2n) is 5.90. The first-order chi connectivity index (χ1) is 13.6. The quantitative estimate of drug-likeness (QED) is 0.405. The zero-order chi connectivity index (χ0) is 19.8. The molecule has 0 bridgehead atoms. The highest BCUT2D eigenvalue weighted by atomic mass is 32.2. The van der Waals surface area contributed by atoms with Gasteiger partial charge in [0.05, 0.1) is 16.9 Å². The molecule has 8 heteroatoms. The maximum Gasteiger partial charge on any atom is 0.239 e. The molecule has 0 saturated carbocycles. The van der Waals surface area contributed by atoms with Gasteiger partial charge in [-0.05, 0) is 30.2 Å². The Morgan fingerprint density at radius 2 is 1.82 bits per heavy atom. The molecule has 0 unspecified atom stereocenters. The van der Waals surface area contributed by atoms with Crippen molar-refractivity contribution >= 4 is 45.9 Å². The Morgan fingerprint density at radius 3 is 2.54 bits per heavy atom. The Balaban J connectivity index is 1.46. The van der Waals surface area contributed by atoms with Crippen molar-refractivity contribution in [3.8, 4) is 6.07 Å². The van der Waals surface area contributed by atoms with Gasteiger partial charge in [0.2, 0.25) is 11.0 Å². The van der Waals surface area contributed by atoms with Crippen molar-refractivity contribution in [1.82, 2.24) is 10.2 Å². The monoisotopic (exact) mass is 426 g/mol. The normalized spacial score (nSPS) is 11.6. The molecule has 0 radical (unpaired) electrons. The Hall–Kier alpha value is -2.34. The highest BCUT2D eigenvalue weighted by Crippen LogP contribution is 2.29. The van der Waals surface area contributed by atoms with Crippen molar-refractivity contribution in [3.63, 3.8) is 0 Å². The molecule has 1 amide bonds. The first kappa shape index (κ1) is 20.4. The molecule has 3 aromatic rings. The third kappa shape index (κ3) is 6.09. The average Bonchev–Trinajstić information content (AvgIpc) is 3.18. The van der Waals surface area contributed by atoms with Crippen LogP contribution in [-0.4, -0.2) is 21.4 Å². The van der Waals surface area contributed by atoms with Gasteiger partial charge in [-0.15, -0.1) is 22.0 Å². The van der Waals surface area contributed by atoms with E-state index in [9.17, 15) is 4.79 Å². The number of nitriles is 1. The minimum Gasteiger partial charge on any atom is -0.300 e. The number of carbonyl (C=O) groups is 1. The van der Waals surface area contributed by atoms with E-state index in [0.29, 0.717) is 10.7 Å². The third-order valence-corrected chi connectivity index (χ3v) is 7.05. The van der Waals surface area contributed by atoms with E-state index in [0.717, 1.165) is 21.4 Å². The molecule has 0 aliphatic carbocycles. The molecule has 28 heavy (non-hydrogen) atoms. The van der Waals surface area contributed by atoms with Gasteiger partial charge in [0.1, 0.15) is 0 Å². The fraction of sp³-hybridized carbons (Fsp3) is 0.200. The Kier molecular flexibility index (Phi) is 7.48. The van der Waals surface area contributed by atoms with Gasteiger partial charge in [0, 0.05) is 11.5 Å². The van der Waals surface area contributed by atoms with Crippen LogP contribution in [0.15, 0.2) is 58.9 Å². The molecule has 142 valence electrons. The van der Waals surface area contributed by atoms with Crippen LogP contribution in [0, 0.1) is 11.3 Å². The van der Waals surface area contributed by atoms with E-state index >= 15 is 0 Å². The van der Waals surface area contributed by atoms with Crippen molar-refractivity contribution in [1.29, 1.82) is 5.26 Å². The van der Waals surface area contributed by atoms with E-state index in [-0.39, 0.29) is 11.2 Å². The average molecular weight is 427 g/mol. The molecular formula is C20H18N4OS3. The topological polar surface area (TPSA) is 78.7 Å². The molecular weight excluding hydrogens is 408 g/mol. The smallest absolute Gasteiger partial charge is 0.239 e. The predicted molar refractivity (Wildman–Crippen MR) is 116 cm³/mol. The molecule has 1 heterocycles. The molecule has 0 saturated heterocycles. The van der Waals surface area contributed by atoms with Crippen molar-refractivity contribution in [2.24, 2.45) is 0 Å². The van der Waals surface area contributed by atoms with Crippen molar-refractivity contribution < 1.29 is 4.79 Å². The summed E-state index contributed by atoms with van der Waals surface area (Å²) in [7, 11) is 0. The van der Waals surface area contributed by atoms with Crippen LogP contribution in [0.25, 0.3) is 0 Å². The highest BCUT2D eigenvalue weighted by Gasteiger charge is 2.16. The number of thioether (sulfide) groups is 2. The van der Waals surface area contributed by atoms with Crippen LogP contribution >= 0.6 is 34.9 Å². The lowest BCUT2D eigenvalue weighted by Crippen LogP contribution is -2.22. The van der Waals surface area contributed by atoms with E-state index < -0.39 is 0 Å². The minimum absolute atomic E-state index is 0.0688. The number of anilines is 1. The zero-order valence-corrected chi connectivity index (χ0v) is 17.6. The maximum atomic E-state index is 12.4. The predicted octanol–water partition coefficient (Wildman–Crippen LogP) is 4.96. The number of hydrogen-bond donors (Lipinski definition) is 1. The summed E-state index contributed by atoms with van der Waals surface area (Å²) in [4.78, 5) is 12.4. The van der Waals surface area contributed by atoms with Gasteiger partial charge in [-0.25, -0.2) is 0 Å². The fourth-order valence-corrected chi connectivity index (χ4v) is 4.77. The number of benzene rings is 2. The third-order valence-electron chi connectivity index (χ3n) is 3.79. The number of amides is 1. The van der Waals surface area contributed by atoms with Crippen LogP contribution in [0.1, 0.15) is 23.6 Å². The molecule has 1 atom stereocenters. The molecule has 2 aromatic carbocycles. The number of hydrogen-bond acceptors (Lipinski definition) is 7. The van der Waals surface area contributed by atoms with Gasteiger partial charge in [0.15, 0.2) is 4.34 Å². The molecule has 0 fully saturated rings. The summed E-state index contributed by atoms with van der Waals surface area (Å²) < 4.78 is 0.796. The van der Waals surface area contributed by atoms with Gasteiger partial charge in [-0.3, -0.25) is 10.1 Å². The van der Waals surface area contributed by atoms with Crippen molar-refractivity contribution in [2.75, 3.05) is 5.32 Å². The summed E-state index contributed by atoms with van der Waals surface area (Å²) in [6.07, 6.45) is 0. The largest absolute Gasteiger partial charge is 0.300 e. The van der Waals surface area contributed by atoms with Gasteiger partial charge >= 0.3 is 0 Å². The van der Waals surface area contributed by atoms with Crippen LogP contribution < -0.4 is 5.32 Å². The van der Waals surface area contributed by atoms with Gasteiger partial charge in [-0.2, -0.15) is 5.26 Å². The second-order valence-corrected chi connectivity index (χ2v) is 9.43. The molecule has 0 aliphatic heterocycles.